The van der Waals surface area contributed by atoms with Crippen molar-refractivity contribution in [2.75, 3.05) is 7.11 Å². The molecule has 1 unspecified atom stereocenters. The zero-order valence-electron chi connectivity index (χ0n) is 5.33. The number of rotatable bonds is 2. The molecule has 0 aromatic heterocycles. The van der Waals surface area contributed by atoms with E-state index in [0.717, 1.165) is 7.11 Å². The van der Waals surface area contributed by atoms with E-state index in [4.69, 9.17) is 10.8 Å². The maximum atomic E-state index is 10.2. The quantitative estimate of drug-likeness (QED) is 0.423. The number of carboxylic acid groups (broad SMARTS) is 1. The van der Waals surface area contributed by atoms with Crippen LogP contribution in [0.5, 0.6) is 0 Å². The van der Waals surface area contributed by atoms with Gasteiger partial charge in [-0.3, -0.25) is 5.32 Å². The second-order valence-corrected chi connectivity index (χ2v) is 1.45. The Balaban J connectivity index is 3.68. The van der Waals surface area contributed by atoms with Crippen molar-refractivity contribution in [1.29, 1.82) is 0 Å². The highest BCUT2D eigenvalue weighted by Crippen LogP contribution is 1.75. The van der Waals surface area contributed by atoms with Gasteiger partial charge in [-0.25, -0.2) is 9.59 Å². The van der Waals surface area contributed by atoms with Crippen LogP contribution in [0.15, 0.2) is 0 Å². The molecule has 0 bridgehead atoms. The maximum Gasteiger partial charge on any atom is 0.408 e. The molecule has 0 spiro atoms. The van der Waals surface area contributed by atoms with Crippen LogP contribution >= 0.6 is 0 Å². The molecule has 0 aliphatic carbocycles. The molecule has 1 atom stereocenters. The lowest BCUT2D eigenvalue weighted by Crippen LogP contribution is -2.47. The Bertz CT molecular complexity index is 146. The number of ether oxygens (including phenoxy) is 1. The Morgan fingerprint density at radius 1 is 1.70 bits per heavy atom. The van der Waals surface area contributed by atoms with E-state index in [1.165, 1.54) is 0 Å². The summed E-state index contributed by atoms with van der Waals surface area (Å²) in [5.41, 5.74) is 4.88. The molecule has 1 amide bonds. The molecule has 58 valence electrons. The Labute approximate surface area is 57.0 Å². The fourth-order valence-electron chi connectivity index (χ4n) is 0.248. The summed E-state index contributed by atoms with van der Waals surface area (Å²) in [4.78, 5) is 20.2. The van der Waals surface area contributed by atoms with Gasteiger partial charge in [0.15, 0.2) is 6.17 Å². The highest BCUT2D eigenvalue weighted by Gasteiger charge is 2.13. The SMILES string of the molecule is COC(=O)NC(N)C(=O)O. The molecule has 0 rings (SSSR count). The first kappa shape index (κ1) is 8.70. The minimum atomic E-state index is -1.41. The van der Waals surface area contributed by atoms with Crippen LogP contribution in [0.2, 0.25) is 0 Å². The van der Waals surface area contributed by atoms with Gasteiger partial charge in [0.05, 0.1) is 7.11 Å². The zero-order chi connectivity index (χ0) is 8.15. The van der Waals surface area contributed by atoms with E-state index in [2.05, 4.69) is 4.74 Å². The highest BCUT2D eigenvalue weighted by atomic mass is 16.5. The smallest absolute Gasteiger partial charge is 0.408 e. The van der Waals surface area contributed by atoms with Gasteiger partial charge < -0.3 is 15.6 Å². The van der Waals surface area contributed by atoms with Gasteiger partial charge in [-0.2, -0.15) is 0 Å². The number of hydrogen-bond acceptors (Lipinski definition) is 4. The van der Waals surface area contributed by atoms with Crippen LogP contribution in [-0.4, -0.2) is 30.4 Å². The third-order valence-corrected chi connectivity index (χ3v) is 0.725. The summed E-state index contributed by atoms with van der Waals surface area (Å²) >= 11 is 0. The lowest BCUT2D eigenvalue weighted by atomic mass is 10.5. The first-order valence-electron chi connectivity index (χ1n) is 2.40. The van der Waals surface area contributed by atoms with Crippen LogP contribution in [0.4, 0.5) is 4.79 Å². The van der Waals surface area contributed by atoms with Gasteiger partial charge in [0.25, 0.3) is 0 Å². The Morgan fingerprint density at radius 2 is 2.20 bits per heavy atom. The topological polar surface area (TPSA) is 102 Å². The van der Waals surface area contributed by atoms with Crippen molar-refractivity contribution >= 4 is 12.1 Å². The number of nitrogens with two attached hydrogens (primary N) is 1. The highest BCUT2D eigenvalue weighted by molar-refractivity contribution is 5.79. The van der Waals surface area contributed by atoms with Crippen molar-refractivity contribution in [3.05, 3.63) is 0 Å². The van der Waals surface area contributed by atoms with Crippen LogP contribution in [0.3, 0.4) is 0 Å². The summed E-state index contributed by atoms with van der Waals surface area (Å²) in [5, 5.41) is 9.98. The van der Waals surface area contributed by atoms with Gasteiger partial charge in [0.1, 0.15) is 0 Å². The Morgan fingerprint density at radius 3 is 2.50 bits per heavy atom. The monoisotopic (exact) mass is 148 g/mol. The molecule has 0 aliphatic rings. The molecule has 0 fully saturated rings. The van der Waals surface area contributed by atoms with Gasteiger partial charge in [0.2, 0.25) is 0 Å². The van der Waals surface area contributed by atoms with Crippen molar-refractivity contribution < 1.29 is 19.4 Å². The summed E-state index contributed by atoms with van der Waals surface area (Å²) in [6.07, 6.45) is -2.28. The van der Waals surface area contributed by atoms with Crippen molar-refractivity contribution in [1.82, 2.24) is 5.32 Å². The first-order valence-corrected chi connectivity index (χ1v) is 2.40. The fourth-order valence-corrected chi connectivity index (χ4v) is 0.248. The molecule has 6 heteroatoms. The standard InChI is InChI=1S/C4H8N2O4/c1-10-4(9)6-2(5)3(7)8/h2H,5H2,1H3,(H,6,9)(H,7,8). The van der Waals surface area contributed by atoms with E-state index in [9.17, 15) is 9.59 Å². The van der Waals surface area contributed by atoms with E-state index in [0.29, 0.717) is 0 Å². The van der Waals surface area contributed by atoms with Crippen LogP contribution in [0.25, 0.3) is 0 Å². The largest absolute Gasteiger partial charge is 0.479 e. The third-order valence-electron chi connectivity index (χ3n) is 0.725. The molecule has 0 aromatic carbocycles. The third kappa shape index (κ3) is 2.88. The predicted molar refractivity (Wildman–Crippen MR) is 31.2 cm³/mol. The summed E-state index contributed by atoms with van der Waals surface area (Å²) in [7, 11) is 1.11. The van der Waals surface area contributed by atoms with Gasteiger partial charge in [0, 0.05) is 0 Å². The number of aliphatic carboxylic acids is 1. The number of hydrogen-bond donors (Lipinski definition) is 3. The van der Waals surface area contributed by atoms with E-state index in [1.807, 2.05) is 5.32 Å². The van der Waals surface area contributed by atoms with Crippen molar-refractivity contribution in [3.63, 3.8) is 0 Å². The predicted octanol–water partition coefficient (Wildman–Crippen LogP) is -1.29. The van der Waals surface area contributed by atoms with Gasteiger partial charge in [-0.05, 0) is 0 Å². The van der Waals surface area contributed by atoms with E-state index in [1.54, 1.807) is 0 Å². The van der Waals surface area contributed by atoms with Crippen LogP contribution in [0, 0.1) is 0 Å². The second kappa shape index (κ2) is 3.67. The molecule has 0 radical (unpaired) electrons. The Hall–Kier alpha value is -1.30. The van der Waals surface area contributed by atoms with Gasteiger partial charge in [-0.15, -0.1) is 0 Å². The average Bonchev–Trinajstić information content (AvgIpc) is 1.87. The van der Waals surface area contributed by atoms with E-state index in [-0.39, 0.29) is 0 Å². The van der Waals surface area contributed by atoms with Crippen LogP contribution in [0.1, 0.15) is 0 Å². The molecular weight excluding hydrogens is 140 g/mol. The summed E-state index contributed by atoms with van der Waals surface area (Å²) in [5.74, 6) is -1.31. The number of carboxylic acids is 1. The molecule has 10 heavy (non-hydrogen) atoms. The average molecular weight is 148 g/mol. The molecule has 0 saturated heterocycles. The Kier molecular flexibility index (Phi) is 3.20. The van der Waals surface area contributed by atoms with E-state index >= 15 is 0 Å². The van der Waals surface area contributed by atoms with Crippen molar-refractivity contribution in [2.24, 2.45) is 5.73 Å². The molecule has 0 aromatic rings. The normalized spacial score (nSPS) is 11.8. The van der Waals surface area contributed by atoms with Gasteiger partial charge in [-0.1, -0.05) is 0 Å². The minimum Gasteiger partial charge on any atom is -0.479 e. The fraction of sp³-hybridized carbons (Fsp3) is 0.500. The molecule has 4 N–H and O–H groups in total. The van der Waals surface area contributed by atoms with Crippen molar-refractivity contribution in [2.45, 2.75) is 6.17 Å². The number of carbonyl (C=O) groups excluding carboxylic acids is 1. The first-order chi connectivity index (χ1) is 4.57. The lowest BCUT2D eigenvalue weighted by Gasteiger charge is -2.06. The van der Waals surface area contributed by atoms with Crippen LogP contribution < -0.4 is 11.1 Å². The molecule has 0 heterocycles. The summed E-state index contributed by atoms with van der Waals surface area (Å²) in [6, 6.07) is 0. The van der Waals surface area contributed by atoms with E-state index < -0.39 is 18.2 Å². The number of methoxy groups -OCH3 is 1. The number of amides is 1. The zero-order valence-corrected chi connectivity index (χ0v) is 5.33. The van der Waals surface area contributed by atoms with Crippen LogP contribution in [-0.2, 0) is 9.53 Å². The van der Waals surface area contributed by atoms with Gasteiger partial charge >= 0.3 is 12.1 Å². The number of carbonyl (C=O) groups is 2. The number of alkyl carbamates (subject to hydrolysis) is 1. The molecule has 0 aliphatic heterocycles. The molecular formula is C4H8N2O4. The molecule has 6 nitrogen and oxygen atoms in total. The summed E-state index contributed by atoms with van der Waals surface area (Å²) in [6.45, 7) is 0. The lowest BCUT2D eigenvalue weighted by molar-refractivity contribution is -0.139. The summed E-state index contributed by atoms with van der Waals surface area (Å²) < 4.78 is 4.08. The molecule has 0 saturated carbocycles. The number of nitrogens with one attached hydrogen (secondary N) is 1. The second-order valence-electron chi connectivity index (χ2n) is 1.45. The van der Waals surface area contributed by atoms with Crippen molar-refractivity contribution in [3.8, 4) is 0 Å². The minimum absolute atomic E-state index is 0.866. The maximum absolute atomic E-state index is 10.2.